The molecule has 1 aromatic carbocycles. The molecule has 2 N–H and O–H groups in total. The summed E-state index contributed by atoms with van der Waals surface area (Å²) in [6.07, 6.45) is 6.24. The topological polar surface area (TPSA) is 46.3 Å². The van der Waals surface area contributed by atoms with Gasteiger partial charge in [0, 0.05) is 24.9 Å². The Kier molecular flexibility index (Phi) is 4.29. The molecule has 3 heteroatoms. The predicted molar refractivity (Wildman–Crippen MR) is 85.4 cm³/mol. The van der Waals surface area contributed by atoms with Crippen molar-refractivity contribution in [3.63, 3.8) is 0 Å². The minimum Gasteiger partial charge on any atom is -0.340 e. The van der Waals surface area contributed by atoms with E-state index in [1.54, 1.807) is 5.56 Å². The molecule has 1 saturated heterocycles. The molecule has 1 amide bonds. The summed E-state index contributed by atoms with van der Waals surface area (Å²) in [4.78, 5) is 13.9. The van der Waals surface area contributed by atoms with Gasteiger partial charge < -0.3 is 10.6 Å². The highest BCUT2D eigenvalue weighted by atomic mass is 16.2. The molecule has 0 saturated carbocycles. The monoisotopic (exact) mass is 286 g/mol. The molecule has 2 bridgehead atoms. The van der Waals surface area contributed by atoms with Crippen molar-refractivity contribution in [2.75, 3.05) is 19.6 Å². The highest BCUT2D eigenvalue weighted by Crippen LogP contribution is 2.47. The van der Waals surface area contributed by atoms with Gasteiger partial charge in [-0.1, -0.05) is 38.0 Å². The number of carbonyl (C=O) groups is 1. The van der Waals surface area contributed by atoms with Gasteiger partial charge in [-0.2, -0.15) is 0 Å². The number of hydrogen-bond donors (Lipinski definition) is 1. The van der Waals surface area contributed by atoms with Crippen LogP contribution in [0.5, 0.6) is 0 Å². The molecule has 0 spiro atoms. The van der Waals surface area contributed by atoms with E-state index in [0.29, 0.717) is 11.8 Å². The molecule has 114 valence electrons. The fourth-order valence-electron chi connectivity index (χ4n) is 4.14. The highest BCUT2D eigenvalue weighted by Gasteiger charge is 2.39. The standard InChI is InChI=1S/C18H26N2O/c1-2-3-4-6-13-7-5-8-16-14-9-15(18(13)16)12-20(11-14)17(21)10-19/h5,7-8,14-15H,2-4,6,9-12,19H2,1H3. The lowest BCUT2D eigenvalue weighted by Crippen LogP contribution is -2.42. The average molecular weight is 286 g/mol. The maximum Gasteiger partial charge on any atom is 0.236 e. The largest absolute Gasteiger partial charge is 0.340 e. The van der Waals surface area contributed by atoms with Gasteiger partial charge in [0.1, 0.15) is 0 Å². The summed E-state index contributed by atoms with van der Waals surface area (Å²) in [5.74, 6) is 1.16. The summed E-state index contributed by atoms with van der Waals surface area (Å²) in [6, 6.07) is 6.78. The fraction of sp³-hybridized carbons (Fsp3) is 0.611. The lowest BCUT2D eigenvalue weighted by molar-refractivity contribution is -0.130. The zero-order chi connectivity index (χ0) is 14.8. The Balaban J connectivity index is 1.82. The fourth-order valence-corrected chi connectivity index (χ4v) is 4.14. The number of rotatable bonds is 5. The number of aryl methyl sites for hydroxylation is 1. The van der Waals surface area contributed by atoms with Crippen molar-refractivity contribution in [2.45, 2.75) is 50.9 Å². The first-order valence-corrected chi connectivity index (χ1v) is 8.34. The van der Waals surface area contributed by atoms with Gasteiger partial charge in [0.15, 0.2) is 0 Å². The summed E-state index contributed by atoms with van der Waals surface area (Å²) in [5.41, 5.74) is 10.1. The third kappa shape index (κ3) is 2.71. The van der Waals surface area contributed by atoms with E-state index in [0.717, 1.165) is 13.1 Å². The molecule has 0 radical (unpaired) electrons. The van der Waals surface area contributed by atoms with Crippen molar-refractivity contribution in [1.29, 1.82) is 0 Å². The number of benzene rings is 1. The van der Waals surface area contributed by atoms with Gasteiger partial charge in [0.2, 0.25) is 5.91 Å². The summed E-state index contributed by atoms with van der Waals surface area (Å²) < 4.78 is 0. The zero-order valence-electron chi connectivity index (χ0n) is 13.0. The number of nitrogens with two attached hydrogens (primary N) is 1. The Labute approximate surface area is 127 Å². The van der Waals surface area contributed by atoms with Crippen LogP contribution in [0.2, 0.25) is 0 Å². The molecular weight excluding hydrogens is 260 g/mol. The van der Waals surface area contributed by atoms with E-state index in [-0.39, 0.29) is 12.5 Å². The first-order chi connectivity index (χ1) is 10.2. The van der Waals surface area contributed by atoms with Gasteiger partial charge >= 0.3 is 0 Å². The minimum atomic E-state index is 0.102. The molecule has 3 nitrogen and oxygen atoms in total. The lowest BCUT2D eigenvalue weighted by atomic mass is 9.92. The first kappa shape index (κ1) is 14.6. The normalized spacial score (nSPS) is 23.2. The number of unbranched alkanes of at least 4 members (excludes halogenated alkanes) is 2. The molecule has 2 atom stereocenters. The van der Waals surface area contributed by atoms with E-state index in [2.05, 4.69) is 25.1 Å². The van der Waals surface area contributed by atoms with E-state index in [4.69, 9.17) is 5.73 Å². The number of fused-ring (bicyclic) bond motifs is 5. The number of amides is 1. The first-order valence-electron chi connectivity index (χ1n) is 8.34. The second kappa shape index (κ2) is 6.18. The Morgan fingerprint density at radius 2 is 2.10 bits per heavy atom. The molecule has 1 fully saturated rings. The van der Waals surface area contributed by atoms with E-state index < -0.39 is 0 Å². The maximum absolute atomic E-state index is 11.9. The summed E-state index contributed by atoms with van der Waals surface area (Å²) in [5, 5.41) is 0. The average Bonchev–Trinajstić information content (AvgIpc) is 2.78. The highest BCUT2D eigenvalue weighted by molar-refractivity contribution is 5.78. The summed E-state index contributed by atoms with van der Waals surface area (Å²) >= 11 is 0. The van der Waals surface area contributed by atoms with E-state index in [1.807, 2.05) is 4.90 Å². The van der Waals surface area contributed by atoms with Crippen LogP contribution in [0.1, 0.15) is 61.1 Å². The Morgan fingerprint density at radius 3 is 2.86 bits per heavy atom. The number of carbonyl (C=O) groups excluding carboxylic acids is 1. The van der Waals surface area contributed by atoms with Gasteiger partial charge in [0.05, 0.1) is 6.54 Å². The molecule has 21 heavy (non-hydrogen) atoms. The van der Waals surface area contributed by atoms with Crippen molar-refractivity contribution in [1.82, 2.24) is 4.90 Å². The van der Waals surface area contributed by atoms with Crippen LogP contribution in [0.3, 0.4) is 0 Å². The Hall–Kier alpha value is -1.35. The second-order valence-corrected chi connectivity index (χ2v) is 6.51. The van der Waals surface area contributed by atoms with E-state index >= 15 is 0 Å². The van der Waals surface area contributed by atoms with Crippen molar-refractivity contribution in [3.05, 3.63) is 34.9 Å². The summed E-state index contributed by atoms with van der Waals surface area (Å²) in [6.45, 7) is 4.11. The van der Waals surface area contributed by atoms with Crippen molar-refractivity contribution >= 4 is 5.91 Å². The van der Waals surface area contributed by atoms with Crippen molar-refractivity contribution in [3.8, 4) is 0 Å². The molecule has 2 unspecified atom stereocenters. The van der Waals surface area contributed by atoms with Crippen molar-refractivity contribution < 1.29 is 4.79 Å². The van der Waals surface area contributed by atoms with Crippen LogP contribution in [-0.2, 0) is 11.2 Å². The second-order valence-electron chi connectivity index (χ2n) is 6.51. The van der Waals surface area contributed by atoms with Crippen LogP contribution < -0.4 is 5.73 Å². The molecule has 1 aliphatic heterocycles. The number of hydrogen-bond acceptors (Lipinski definition) is 2. The maximum atomic E-state index is 11.9. The molecular formula is C18H26N2O. The zero-order valence-corrected chi connectivity index (χ0v) is 13.0. The van der Waals surface area contributed by atoms with Crippen LogP contribution in [-0.4, -0.2) is 30.4 Å². The van der Waals surface area contributed by atoms with E-state index in [9.17, 15) is 4.79 Å². The van der Waals surface area contributed by atoms with Gasteiger partial charge in [-0.05, 0) is 36.0 Å². The number of piperidine rings is 1. The van der Waals surface area contributed by atoms with Crippen LogP contribution in [0, 0.1) is 0 Å². The Morgan fingerprint density at radius 1 is 1.29 bits per heavy atom. The molecule has 1 heterocycles. The van der Waals surface area contributed by atoms with Crippen LogP contribution >= 0.6 is 0 Å². The molecule has 2 aliphatic rings. The summed E-state index contributed by atoms with van der Waals surface area (Å²) in [7, 11) is 0. The van der Waals surface area contributed by atoms with Gasteiger partial charge in [-0.3, -0.25) is 4.79 Å². The third-order valence-corrected chi connectivity index (χ3v) is 5.11. The van der Waals surface area contributed by atoms with Crippen molar-refractivity contribution in [2.24, 2.45) is 5.73 Å². The molecule has 0 aromatic heterocycles. The van der Waals surface area contributed by atoms with Crippen LogP contribution in [0.25, 0.3) is 0 Å². The van der Waals surface area contributed by atoms with E-state index in [1.165, 1.54) is 43.2 Å². The Bertz CT molecular complexity index is 526. The van der Waals surface area contributed by atoms with Crippen LogP contribution in [0.15, 0.2) is 18.2 Å². The van der Waals surface area contributed by atoms with Gasteiger partial charge in [0.25, 0.3) is 0 Å². The lowest BCUT2D eigenvalue weighted by Gasteiger charge is -2.32. The quantitative estimate of drug-likeness (QED) is 0.846. The van der Waals surface area contributed by atoms with Gasteiger partial charge in [-0.25, -0.2) is 0 Å². The minimum absolute atomic E-state index is 0.102. The molecule has 1 aliphatic carbocycles. The number of likely N-dealkylation sites (tertiary alicyclic amines) is 1. The van der Waals surface area contributed by atoms with Gasteiger partial charge in [-0.15, -0.1) is 0 Å². The molecule has 3 rings (SSSR count). The predicted octanol–water partition coefficient (Wildman–Crippen LogP) is 2.79. The SMILES string of the molecule is CCCCCc1cccc2c1C1CC2CN(C(=O)CN)C1. The number of nitrogens with zero attached hydrogens (tertiary/aromatic N) is 1. The third-order valence-electron chi connectivity index (χ3n) is 5.11. The smallest absolute Gasteiger partial charge is 0.236 e. The van der Waals surface area contributed by atoms with Crippen LogP contribution in [0.4, 0.5) is 0 Å². The molecule has 1 aromatic rings.